The van der Waals surface area contributed by atoms with Gasteiger partial charge in [-0.2, -0.15) is 0 Å². The van der Waals surface area contributed by atoms with Crippen molar-refractivity contribution in [3.63, 3.8) is 0 Å². The van der Waals surface area contributed by atoms with Crippen LogP contribution >= 0.6 is 15.9 Å². The summed E-state index contributed by atoms with van der Waals surface area (Å²) in [5.41, 5.74) is 2.53. The number of imide groups is 1. The lowest BCUT2D eigenvalue weighted by molar-refractivity contribution is -0.137. The Labute approximate surface area is 131 Å². The van der Waals surface area contributed by atoms with E-state index < -0.39 is 17.9 Å². The average molecular weight is 357 g/mol. The van der Waals surface area contributed by atoms with E-state index in [9.17, 15) is 14.4 Å². The fraction of sp³-hybridized carbons (Fsp3) is 0.357. The summed E-state index contributed by atoms with van der Waals surface area (Å²) in [7, 11) is 0. The predicted molar refractivity (Wildman–Crippen MR) is 82.3 cm³/mol. The number of halogens is 1. The first-order valence-electron chi connectivity index (χ1n) is 6.39. The van der Waals surface area contributed by atoms with Crippen LogP contribution in [0.3, 0.4) is 0 Å². The smallest absolute Gasteiger partial charge is 0.325 e. The summed E-state index contributed by atoms with van der Waals surface area (Å²) in [6, 6.07) is 2.94. The van der Waals surface area contributed by atoms with Crippen molar-refractivity contribution in [3.05, 3.63) is 27.7 Å². The molecule has 0 bridgehead atoms. The standard InChI is InChI=1S/C14H17BrN2O4/c1-8-6-10(7-9(2)13(8)15)16-14(21)17-11(18)4-3-5-12(19)20/h6-7H,3-5H2,1-2H3,(H,19,20)(H2,16,17,18,21). The van der Waals surface area contributed by atoms with Crippen LogP contribution in [0, 0.1) is 13.8 Å². The van der Waals surface area contributed by atoms with Crippen LogP contribution in [0.15, 0.2) is 16.6 Å². The molecule has 21 heavy (non-hydrogen) atoms. The zero-order chi connectivity index (χ0) is 16.0. The largest absolute Gasteiger partial charge is 0.481 e. The maximum absolute atomic E-state index is 11.7. The molecule has 0 atom stereocenters. The quantitative estimate of drug-likeness (QED) is 0.755. The summed E-state index contributed by atoms with van der Waals surface area (Å²) in [5, 5.41) is 13.2. The number of carbonyl (C=O) groups is 3. The van der Waals surface area contributed by atoms with Crippen LogP contribution in [0.4, 0.5) is 10.5 Å². The van der Waals surface area contributed by atoms with E-state index in [2.05, 4.69) is 26.6 Å². The lowest BCUT2D eigenvalue weighted by Gasteiger charge is -2.10. The van der Waals surface area contributed by atoms with Gasteiger partial charge in [0, 0.05) is 23.0 Å². The van der Waals surface area contributed by atoms with Crippen molar-refractivity contribution in [1.29, 1.82) is 0 Å². The highest BCUT2D eigenvalue weighted by atomic mass is 79.9. The number of rotatable bonds is 5. The number of hydrogen-bond donors (Lipinski definition) is 3. The number of carboxylic acids is 1. The molecule has 0 radical (unpaired) electrons. The van der Waals surface area contributed by atoms with Crippen LogP contribution in [0.25, 0.3) is 0 Å². The van der Waals surface area contributed by atoms with Gasteiger partial charge in [0.25, 0.3) is 0 Å². The Balaban J connectivity index is 2.50. The van der Waals surface area contributed by atoms with Crippen LogP contribution in [0.2, 0.25) is 0 Å². The molecule has 0 unspecified atom stereocenters. The molecule has 0 aliphatic heterocycles. The van der Waals surface area contributed by atoms with Gasteiger partial charge in [-0.05, 0) is 43.5 Å². The number of amides is 3. The van der Waals surface area contributed by atoms with Gasteiger partial charge in [-0.25, -0.2) is 4.79 Å². The first-order valence-corrected chi connectivity index (χ1v) is 7.18. The van der Waals surface area contributed by atoms with Gasteiger partial charge in [0.2, 0.25) is 5.91 Å². The number of anilines is 1. The molecular weight excluding hydrogens is 340 g/mol. The Morgan fingerprint density at radius 2 is 1.71 bits per heavy atom. The third kappa shape index (κ3) is 5.95. The van der Waals surface area contributed by atoms with Gasteiger partial charge < -0.3 is 10.4 Å². The molecule has 3 N–H and O–H groups in total. The highest BCUT2D eigenvalue weighted by Gasteiger charge is 2.10. The summed E-state index contributed by atoms with van der Waals surface area (Å²) in [4.78, 5) is 33.4. The Kier molecular flexibility index (Phi) is 6.36. The number of benzene rings is 1. The maximum atomic E-state index is 11.7. The lowest BCUT2D eigenvalue weighted by Crippen LogP contribution is -2.34. The summed E-state index contributed by atoms with van der Waals surface area (Å²) >= 11 is 3.43. The zero-order valence-corrected chi connectivity index (χ0v) is 13.4. The molecule has 0 spiro atoms. The summed E-state index contributed by atoms with van der Waals surface area (Å²) < 4.78 is 0.971. The summed E-state index contributed by atoms with van der Waals surface area (Å²) in [5.74, 6) is -1.47. The van der Waals surface area contributed by atoms with Crippen LogP contribution in [0.1, 0.15) is 30.4 Å². The third-order valence-electron chi connectivity index (χ3n) is 2.74. The maximum Gasteiger partial charge on any atom is 0.325 e. The number of urea groups is 1. The van der Waals surface area contributed by atoms with E-state index in [1.54, 1.807) is 12.1 Å². The zero-order valence-electron chi connectivity index (χ0n) is 11.8. The lowest BCUT2D eigenvalue weighted by atomic mass is 10.1. The first-order chi connectivity index (χ1) is 9.79. The summed E-state index contributed by atoms with van der Waals surface area (Å²) in [6.07, 6.45) is 0.100. The fourth-order valence-electron chi connectivity index (χ4n) is 1.77. The second-order valence-corrected chi connectivity index (χ2v) is 5.47. The van der Waals surface area contributed by atoms with Crippen LogP contribution < -0.4 is 10.6 Å². The Bertz CT molecular complexity index is 549. The molecular formula is C14H17BrN2O4. The molecule has 6 nitrogen and oxygen atoms in total. The average Bonchev–Trinajstić information content (AvgIpc) is 2.35. The van der Waals surface area contributed by atoms with E-state index >= 15 is 0 Å². The minimum absolute atomic E-state index is 0.00187. The van der Waals surface area contributed by atoms with Crippen LogP contribution in [0.5, 0.6) is 0 Å². The highest BCUT2D eigenvalue weighted by Crippen LogP contribution is 2.24. The second kappa shape index (κ2) is 7.78. The number of hydrogen-bond acceptors (Lipinski definition) is 3. The molecule has 0 fully saturated rings. The fourth-order valence-corrected chi connectivity index (χ4v) is 2.00. The Hall–Kier alpha value is -1.89. The molecule has 1 rings (SSSR count). The molecule has 1 aromatic carbocycles. The van der Waals surface area contributed by atoms with Crippen LogP contribution in [-0.4, -0.2) is 23.0 Å². The number of carbonyl (C=O) groups excluding carboxylic acids is 2. The molecule has 1 aromatic rings. The van der Waals surface area contributed by atoms with Gasteiger partial charge in [-0.1, -0.05) is 15.9 Å². The SMILES string of the molecule is Cc1cc(NC(=O)NC(=O)CCCC(=O)O)cc(C)c1Br. The molecule has 0 aromatic heterocycles. The Morgan fingerprint density at radius 3 is 2.24 bits per heavy atom. The first kappa shape index (κ1) is 17.2. The van der Waals surface area contributed by atoms with Gasteiger partial charge in [0.05, 0.1) is 0 Å². The molecule has 0 saturated carbocycles. The molecule has 0 heterocycles. The van der Waals surface area contributed by atoms with Crippen molar-refractivity contribution >= 4 is 39.5 Å². The number of aliphatic carboxylic acids is 1. The van der Waals surface area contributed by atoms with E-state index in [0.717, 1.165) is 15.6 Å². The number of carboxylic acid groups (broad SMARTS) is 1. The van der Waals surface area contributed by atoms with Crippen molar-refractivity contribution in [1.82, 2.24) is 5.32 Å². The van der Waals surface area contributed by atoms with Gasteiger partial charge in [-0.3, -0.25) is 14.9 Å². The van der Waals surface area contributed by atoms with Gasteiger partial charge in [-0.15, -0.1) is 0 Å². The minimum Gasteiger partial charge on any atom is -0.481 e. The van der Waals surface area contributed by atoms with E-state index in [4.69, 9.17) is 5.11 Å². The van der Waals surface area contributed by atoms with E-state index in [-0.39, 0.29) is 19.3 Å². The molecule has 7 heteroatoms. The van der Waals surface area contributed by atoms with Crippen molar-refractivity contribution in [3.8, 4) is 0 Å². The minimum atomic E-state index is -0.965. The van der Waals surface area contributed by atoms with Crippen molar-refractivity contribution in [2.75, 3.05) is 5.32 Å². The molecule has 3 amide bonds. The molecule has 0 saturated heterocycles. The van der Waals surface area contributed by atoms with Gasteiger partial charge in [0.15, 0.2) is 0 Å². The summed E-state index contributed by atoms with van der Waals surface area (Å²) in [6.45, 7) is 3.80. The third-order valence-corrected chi connectivity index (χ3v) is 3.99. The second-order valence-electron chi connectivity index (χ2n) is 4.67. The van der Waals surface area contributed by atoms with Crippen molar-refractivity contribution < 1.29 is 19.5 Å². The highest BCUT2D eigenvalue weighted by molar-refractivity contribution is 9.10. The molecule has 114 valence electrons. The van der Waals surface area contributed by atoms with Crippen molar-refractivity contribution in [2.45, 2.75) is 33.1 Å². The topological polar surface area (TPSA) is 95.5 Å². The number of nitrogens with one attached hydrogen (secondary N) is 2. The van der Waals surface area contributed by atoms with E-state index in [1.165, 1.54) is 0 Å². The van der Waals surface area contributed by atoms with Crippen molar-refractivity contribution in [2.24, 2.45) is 0 Å². The number of aryl methyl sites for hydroxylation is 2. The van der Waals surface area contributed by atoms with E-state index in [1.807, 2.05) is 13.8 Å². The molecule has 0 aliphatic carbocycles. The van der Waals surface area contributed by atoms with Gasteiger partial charge >= 0.3 is 12.0 Å². The normalized spacial score (nSPS) is 10.0. The van der Waals surface area contributed by atoms with Crippen LogP contribution in [-0.2, 0) is 9.59 Å². The van der Waals surface area contributed by atoms with Gasteiger partial charge in [0.1, 0.15) is 0 Å². The monoisotopic (exact) mass is 356 g/mol. The predicted octanol–water partition coefficient (Wildman–Crippen LogP) is 2.97. The van der Waals surface area contributed by atoms with E-state index in [0.29, 0.717) is 5.69 Å². The Morgan fingerprint density at radius 1 is 1.14 bits per heavy atom. The molecule has 0 aliphatic rings.